The Morgan fingerprint density at radius 1 is 1.22 bits per heavy atom. The summed E-state index contributed by atoms with van der Waals surface area (Å²) < 4.78 is 11.3. The molecular weight excluding hydrogens is 340 g/mol. The Hall–Kier alpha value is -2.07. The quantitative estimate of drug-likeness (QED) is 0.780. The van der Waals surface area contributed by atoms with Gasteiger partial charge in [0.25, 0.3) is 0 Å². The van der Waals surface area contributed by atoms with Crippen molar-refractivity contribution in [2.45, 2.75) is 69.8 Å². The van der Waals surface area contributed by atoms with Crippen molar-refractivity contribution in [3.63, 3.8) is 0 Å². The van der Waals surface area contributed by atoms with E-state index in [1.54, 1.807) is 7.11 Å². The zero-order valence-corrected chi connectivity index (χ0v) is 16.2. The molecule has 2 aliphatic carbocycles. The standard InChI is InChI=1S/C23H28O4/c1-14(26-2)17-8-5-6-10-19-21(24)20(23(25)27-22(17)19)13-16-7-3-4-9-18(16)15-11-12-15/h3-4,7,9,14-15,17,24H,5-6,8,10-13H2,1-2H3. The van der Waals surface area contributed by atoms with Crippen LogP contribution in [0.15, 0.2) is 33.5 Å². The van der Waals surface area contributed by atoms with Gasteiger partial charge in [-0.2, -0.15) is 0 Å². The Morgan fingerprint density at radius 2 is 2.00 bits per heavy atom. The molecule has 0 spiro atoms. The molecule has 2 unspecified atom stereocenters. The van der Waals surface area contributed by atoms with Gasteiger partial charge < -0.3 is 14.3 Å². The molecular formula is C23H28O4. The number of hydrogen-bond acceptors (Lipinski definition) is 4. The topological polar surface area (TPSA) is 59.7 Å². The summed E-state index contributed by atoms with van der Waals surface area (Å²) in [5.41, 5.74) is 3.22. The van der Waals surface area contributed by atoms with Crippen LogP contribution in [0, 0.1) is 0 Å². The highest BCUT2D eigenvalue weighted by atomic mass is 16.5. The summed E-state index contributed by atoms with van der Waals surface area (Å²) in [5.74, 6) is 1.38. The minimum Gasteiger partial charge on any atom is -0.507 e. The molecule has 4 heteroatoms. The van der Waals surface area contributed by atoms with Gasteiger partial charge in [-0.15, -0.1) is 0 Å². The number of hydrogen-bond donors (Lipinski definition) is 1. The molecule has 0 amide bonds. The smallest absolute Gasteiger partial charge is 0.343 e. The first-order chi connectivity index (χ1) is 13.1. The molecule has 1 heterocycles. The lowest BCUT2D eigenvalue weighted by Crippen LogP contribution is -2.21. The van der Waals surface area contributed by atoms with E-state index in [1.807, 2.05) is 19.1 Å². The van der Waals surface area contributed by atoms with E-state index in [2.05, 4.69) is 12.1 Å². The van der Waals surface area contributed by atoms with Crippen molar-refractivity contribution in [1.29, 1.82) is 0 Å². The Bertz CT molecular complexity index is 878. The highest BCUT2D eigenvalue weighted by molar-refractivity contribution is 5.46. The van der Waals surface area contributed by atoms with Gasteiger partial charge in [-0.25, -0.2) is 4.79 Å². The van der Waals surface area contributed by atoms with E-state index < -0.39 is 5.63 Å². The number of methoxy groups -OCH3 is 1. The van der Waals surface area contributed by atoms with E-state index in [9.17, 15) is 9.90 Å². The summed E-state index contributed by atoms with van der Waals surface area (Å²) in [4.78, 5) is 12.8. The fraction of sp³-hybridized carbons (Fsp3) is 0.522. The van der Waals surface area contributed by atoms with Crippen LogP contribution in [0.4, 0.5) is 0 Å². The van der Waals surface area contributed by atoms with Crippen LogP contribution in [0.1, 0.15) is 78.9 Å². The fourth-order valence-electron chi connectivity index (χ4n) is 4.40. The Morgan fingerprint density at radius 3 is 2.74 bits per heavy atom. The number of ether oxygens (including phenoxy) is 1. The van der Waals surface area contributed by atoms with Crippen LogP contribution in [-0.4, -0.2) is 18.3 Å². The van der Waals surface area contributed by atoms with Crippen molar-refractivity contribution < 1.29 is 14.3 Å². The molecule has 2 aromatic rings. The predicted octanol–water partition coefficient (Wildman–Crippen LogP) is 4.66. The van der Waals surface area contributed by atoms with Gasteiger partial charge >= 0.3 is 5.63 Å². The number of aromatic hydroxyl groups is 1. The average molecular weight is 368 g/mol. The van der Waals surface area contributed by atoms with Crippen LogP contribution in [0.5, 0.6) is 5.75 Å². The summed E-state index contributed by atoms with van der Waals surface area (Å²) in [5, 5.41) is 11.0. The largest absolute Gasteiger partial charge is 0.507 e. The van der Waals surface area contributed by atoms with Crippen LogP contribution in [-0.2, 0) is 17.6 Å². The minimum atomic E-state index is -0.410. The maximum absolute atomic E-state index is 12.8. The van der Waals surface area contributed by atoms with E-state index in [-0.39, 0.29) is 17.8 Å². The maximum Gasteiger partial charge on any atom is 0.343 e. The molecule has 1 N–H and O–H groups in total. The first kappa shape index (κ1) is 18.3. The number of rotatable bonds is 5. The molecule has 2 atom stereocenters. The van der Waals surface area contributed by atoms with Crippen LogP contribution in [0.25, 0.3) is 0 Å². The van der Waals surface area contributed by atoms with Gasteiger partial charge in [0.15, 0.2) is 0 Å². The van der Waals surface area contributed by atoms with E-state index >= 15 is 0 Å². The van der Waals surface area contributed by atoms with Gasteiger partial charge in [0.05, 0.1) is 11.7 Å². The summed E-state index contributed by atoms with van der Waals surface area (Å²) in [6.45, 7) is 2.00. The Labute approximate surface area is 160 Å². The van der Waals surface area contributed by atoms with E-state index in [1.165, 1.54) is 18.4 Å². The first-order valence-electron chi connectivity index (χ1n) is 10.1. The third-order valence-corrected chi connectivity index (χ3v) is 6.22. The monoisotopic (exact) mass is 368 g/mol. The highest BCUT2D eigenvalue weighted by Gasteiger charge is 2.31. The van der Waals surface area contributed by atoms with Crippen molar-refractivity contribution >= 4 is 0 Å². The minimum absolute atomic E-state index is 0.0129. The maximum atomic E-state index is 12.8. The SMILES string of the molecule is COC(C)C1CCCCc2c1oc(=O)c(Cc1ccccc1C1CC1)c2O. The predicted molar refractivity (Wildman–Crippen MR) is 105 cm³/mol. The molecule has 1 fully saturated rings. The normalized spacial score (nSPS) is 20.7. The van der Waals surface area contributed by atoms with Crippen molar-refractivity contribution in [3.05, 3.63) is 62.7 Å². The van der Waals surface area contributed by atoms with Crippen molar-refractivity contribution in [2.24, 2.45) is 0 Å². The van der Waals surface area contributed by atoms with Gasteiger partial charge in [-0.3, -0.25) is 0 Å². The molecule has 4 rings (SSSR count). The zero-order valence-electron chi connectivity index (χ0n) is 16.2. The van der Waals surface area contributed by atoms with Crippen LogP contribution in [0.3, 0.4) is 0 Å². The van der Waals surface area contributed by atoms with Crippen LogP contribution >= 0.6 is 0 Å². The van der Waals surface area contributed by atoms with Gasteiger partial charge in [0.2, 0.25) is 0 Å². The van der Waals surface area contributed by atoms with E-state index in [0.717, 1.165) is 36.8 Å². The summed E-state index contributed by atoms with van der Waals surface area (Å²) in [6, 6.07) is 8.26. The van der Waals surface area contributed by atoms with Crippen LogP contribution < -0.4 is 5.63 Å². The number of fused-ring (bicyclic) bond motifs is 1. The van der Waals surface area contributed by atoms with E-state index in [4.69, 9.17) is 9.15 Å². The molecule has 27 heavy (non-hydrogen) atoms. The van der Waals surface area contributed by atoms with Gasteiger partial charge in [0.1, 0.15) is 11.5 Å². The van der Waals surface area contributed by atoms with Gasteiger partial charge in [-0.05, 0) is 56.1 Å². The first-order valence-corrected chi connectivity index (χ1v) is 10.1. The summed E-state index contributed by atoms with van der Waals surface area (Å²) in [6.07, 6.45) is 6.47. The third-order valence-electron chi connectivity index (χ3n) is 6.22. The van der Waals surface area contributed by atoms with Crippen molar-refractivity contribution in [3.8, 4) is 5.75 Å². The molecule has 1 aromatic carbocycles. The van der Waals surface area contributed by atoms with Gasteiger partial charge in [-0.1, -0.05) is 30.7 Å². The lowest BCUT2D eigenvalue weighted by Gasteiger charge is -2.22. The lowest BCUT2D eigenvalue weighted by molar-refractivity contribution is 0.0825. The molecule has 1 saturated carbocycles. The molecule has 1 aromatic heterocycles. The second-order valence-corrected chi connectivity index (χ2v) is 8.00. The molecule has 144 valence electrons. The van der Waals surface area contributed by atoms with Crippen LogP contribution in [0.2, 0.25) is 0 Å². The Balaban J connectivity index is 1.76. The second kappa shape index (κ2) is 7.51. The molecule has 2 aliphatic rings. The molecule has 0 saturated heterocycles. The second-order valence-electron chi connectivity index (χ2n) is 8.00. The number of benzene rings is 1. The zero-order chi connectivity index (χ0) is 19.0. The molecule has 0 bridgehead atoms. The lowest BCUT2D eigenvalue weighted by atomic mass is 9.92. The molecule has 4 nitrogen and oxygen atoms in total. The highest BCUT2D eigenvalue weighted by Crippen LogP contribution is 2.43. The van der Waals surface area contributed by atoms with Gasteiger partial charge in [0, 0.05) is 25.0 Å². The third kappa shape index (κ3) is 3.55. The Kier molecular flexibility index (Phi) is 5.09. The van der Waals surface area contributed by atoms with Crippen molar-refractivity contribution in [2.75, 3.05) is 7.11 Å². The van der Waals surface area contributed by atoms with E-state index in [0.29, 0.717) is 23.7 Å². The van der Waals surface area contributed by atoms with Crippen molar-refractivity contribution in [1.82, 2.24) is 0 Å². The summed E-state index contributed by atoms with van der Waals surface area (Å²) in [7, 11) is 1.68. The molecule has 0 radical (unpaired) electrons. The summed E-state index contributed by atoms with van der Waals surface area (Å²) >= 11 is 0. The average Bonchev–Trinajstić information content (AvgIpc) is 3.52. The fourth-order valence-corrected chi connectivity index (χ4v) is 4.40. The molecule has 0 aliphatic heterocycles.